The smallest absolute Gasteiger partial charge is 0.414 e. The van der Waals surface area contributed by atoms with E-state index in [9.17, 15) is 14.4 Å². The summed E-state index contributed by atoms with van der Waals surface area (Å²) in [6, 6.07) is 10.2. The summed E-state index contributed by atoms with van der Waals surface area (Å²) in [6.45, 7) is 9.14. The molecular weight excluding hydrogens is 386 g/mol. The Bertz CT molecular complexity index is 923. The van der Waals surface area contributed by atoms with Crippen molar-refractivity contribution in [3.05, 3.63) is 58.7 Å². The van der Waals surface area contributed by atoms with Crippen LogP contribution in [0.3, 0.4) is 0 Å². The first-order valence-electron chi connectivity index (χ1n) is 9.88. The third-order valence-electron chi connectivity index (χ3n) is 4.40. The topological polar surface area (TPSA) is 82.1 Å². The predicted molar refractivity (Wildman–Crippen MR) is 113 cm³/mol. The molecule has 0 heterocycles. The number of nitrogens with zero attached hydrogens (tertiary/aromatic N) is 1. The van der Waals surface area contributed by atoms with Gasteiger partial charge in [0.15, 0.2) is 5.75 Å². The number of ether oxygens (including phenoxy) is 3. The zero-order valence-corrected chi connectivity index (χ0v) is 18.0. The lowest BCUT2D eigenvalue weighted by Crippen LogP contribution is -2.34. The van der Waals surface area contributed by atoms with Crippen molar-refractivity contribution in [1.29, 1.82) is 0 Å². The van der Waals surface area contributed by atoms with Crippen LogP contribution in [-0.2, 0) is 9.47 Å². The quantitative estimate of drug-likeness (QED) is 0.484. The van der Waals surface area contributed by atoms with Crippen LogP contribution in [0.4, 0.5) is 10.5 Å². The van der Waals surface area contributed by atoms with Gasteiger partial charge in [0.05, 0.1) is 24.3 Å². The first kappa shape index (κ1) is 22.9. The van der Waals surface area contributed by atoms with Crippen LogP contribution in [0, 0.1) is 13.8 Å². The lowest BCUT2D eigenvalue weighted by atomic mass is 10.0. The Morgan fingerprint density at radius 3 is 2.07 bits per heavy atom. The molecule has 1 amide bonds. The number of benzene rings is 2. The fraction of sp³-hybridized carbons (Fsp3) is 0.348. The Morgan fingerprint density at radius 1 is 0.867 bits per heavy atom. The maximum atomic E-state index is 12.8. The minimum absolute atomic E-state index is 0.118. The van der Waals surface area contributed by atoms with Crippen LogP contribution in [-0.4, -0.2) is 37.8 Å². The fourth-order valence-corrected chi connectivity index (χ4v) is 3.10. The molecule has 30 heavy (non-hydrogen) atoms. The summed E-state index contributed by atoms with van der Waals surface area (Å²) in [6.07, 6.45) is -0.646. The molecule has 0 atom stereocenters. The van der Waals surface area contributed by atoms with Crippen molar-refractivity contribution >= 4 is 23.7 Å². The van der Waals surface area contributed by atoms with Gasteiger partial charge in [0.25, 0.3) is 0 Å². The second-order valence-electron chi connectivity index (χ2n) is 6.48. The minimum Gasteiger partial charge on any atom is -0.462 e. The third kappa shape index (κ3) is 4.97. The zero-order valence-electron chi connectivity index (χ0n) is 18.0. The summed E-state index contributed by atoms with van der Waals surface area (Å²) in [7, 11) is 0. The second-order valence-corrected chi connectivity index (χ2v) is 6.48. The van der Waals surface area contributed by atoms with Gasteiger partial charge >= 0.3 is 18.0 Å². The SMILES string of the molecule is CCOC(=O)c1c(C)cc(C)c(OC(=O)c2ccccc2)c1N(CC)C(=O)OCC. The van der Waals surface area contributed by atoms with E-state index in [0.29, 0.717) is 16.7 Å². The van der Waals surface area contributed by atoms with Gasteiger partial charge in [-0.05, 0) is 57.9 Å². The van der Waals surface area contributed by atoms with Gasteiger partial charge in [-0.25, -0.2) is 14.4 Å². The van der Waals surface area contributed by atoms with Gasteiger partial charge in [0.2, 0.25) is 0 Å². The van der Waals surface area contributed by atoms with Crippen LogP contribution in [0.25, 0.3) is 0 Å². The van der Waals surface area contributed by atoms with Crippen LogP contribution < -0.4 is 9.64 Å². The molecule has 0 radical (unpaired) electrons. The number of carbonyl (C=O) groups is 3. The number of rotatable bonds is 7. The van der Waals surface area contributed by atoms with E-state index in [1.165, 1.54) is 4.90 Å². The summed E-state index contributed by atoms with van der Waals surface area (Å²) in [4.78, 5) is 39.4. The molecular formula is C23H27NO6. The molecule has 2 rings (SSSR count). The minimum atomic E-state index is -0.646. The molecule has 7 heteroatoms. The highest BCUT2D eigenvalue weighted by atomic mass is 16.6. The van der Waals surface area contributed by atoms with E-state index in [-0.39, 0.29) is 36.8 Å². The maximum absolute atomic E-state index is 12.8. The summed E-state index contributed by atoms with van der Waals surface area (Å²) >= 11 is 0. The van der Waals surface area contributed by atoms with Gasteiger partial charge in [-0.2, -0.15) is 0 Å². The number of anilines is 1. The summed E-state index contributed by atoms with van der Waals surface area (Å²) < 4.78 is 16.1. The van der Waals surface area contributed by atoms with Gasteiger partial charge in [-0.1, -0.05) is 24.3 Å². The fourth-order valence-electron chi connectivity index (χ4n) is 3.10. The van der Waals surface area contributed by atoms with Crippen molar-refractivity contribution in [1.82, 2.24) is 0 Å². The number of hydrogen-bond donors (Lipinski definition) is 0. The number of carbonyl (C=O) groups excluding carboxylic acids is 3. The molecule has 2 aromatic rings. The van der Waals surface area contributed by atoms with Gasteiger partial charge in [0, 0.05) is 6.54 Å². The average molecular weight is 413 g/mol. The molecule has 0 unspecified atom stereocenters. The highest BCUT2D eigenvalue weighted by Crippen LogP contribution is 2.39. The van der Waals surface area contributed by atoms with Crippen LogP contribution in [0.2, 0.25) is 0 Å². The lowest BCUT2D eigenvalue weighted by molar-refractivity contribution is 0.0524. The Morgan fingerprint density at radius 2 is 1.50 bits per heavy atom. The van der Waals surface area contributed by atoms with Gasteiger partial charge in [-0.15, -0.1) is 0 Å². The van der Waals surface area contributed by atoms with Gasteiger partial charge in [0.1, 0.15) is 5.69 Å². The van der Waals surface area contributed by atoms with Crippen LogP contribution >= 0.6 is 0 Å². The molecule has 0 aliphatic rings. The lowest BCUT2D eigenvalue weighted by Gasteiger charge is -2.26. The van der Waals surface area contributed by atoms with E-state index in [0.717, 1.165) is 0 Å². The monoisotopic (exact) mass is 413 g/mol. The standard InChI is InChI=1S/C23H27NO6/c1-6-24(23(27)29-8-3)19-18(22(26)28-7-2)15(4)14-16(5)20(19)30-21(25)17-12-10-9-11-13-17/h9-14H,6-8H2,1-5H3. The molecule has 0 spiro atoms. The number of aryl methyl sites for hydroxylation is 2. The van der Waals surface area contributed by atoms with Crippen molar-refractivity contribution in [3.8, 4) is 5.75 Å². The summed E-state index contributed by atoms with van der Waals surface area (Å²) in [5, 5.41) is 0. The van der Waals surface area contributed by atoms with E-state index >= 15 is 0 Å². The Hall–Kier alpha value is -3.35. The average Bonchev–Trinajstić information content (AvgIpc) is 2.72. The number of esters is 2. The van der Waals surface area contributed by atoms with Gasteiger partial charge < -0.3 is 14.2 Å². The summed E-state index contributed by atoms with van der Waals surface area (Å²) in [5.41, 5.74) is 1.87. The molecule has 0 saturated carbocycles. The summed E-state index contributed by atoms with van der Waals surface area (Å²) in [5.74, 6) is -1.09. The molecule has 7 nitrogen and oxygen atoms in total. The Balaban J connectivity index is 2.69. The van der Waals surface area contributed by atoms with Crippen molar-refractivity contribution < 1.29 is 28.6 Å². The third-order valence-corrected chi connectivity index (χ3v) is 4.40. The first-order chi connectivity index (χ1) is 14.3. The largest absolute Gasteiger partial charge is 0.462 e. The van der Waals surface area contributed by atoms with Crippen molar-refractivity contribution in [2.24, 2.45) is 0 Å². The molecule has 0 aliphatic carbocycles. The Kier molecular flexibility index (Phi) is 7.98. The molecule has 0 aliphatic heterocycles. The molecule has 0 N–H and O–H groups in total. The van der Waals surface area contributed by atoms with Gasteiger partial charge in [-0.3, -0.25) is 4.90 Å². The number of hydrogen-bond acceptors (Lipinski definition) is 6. The predicted octanol–water partition coefficient (Wildman–Crippen LogP) is 4.68. The first-order valence-corrected chi connectivity index (χ1v) is 9.88. The molecule has 0 aromatic heterocycles. The number of amides is 1. The van der Waals surface area contributed by atoms with E-state index < -0.39 is 18.0 Å². The molecule has 2 aromatic carbocycles. The molecule has 0 fully saturated rings. The van der Waals surface area contributed by atoms with Crippen LogP contribution in [0.15, 0.2) is 36.4 Å². The normalized spacial score (nSPS) is 10.3. The molecule has 0 bridgehead atoms. The van der Waals surface area contributed by atoms with E-state index in [1.807, 2.05) is 0 Å². The maximum Gasteiger partial charge on any atom is 0.414 e. The zero-order chi connectivity index (χ0) is 22.3. The highest BCUT2D eigenvalue weighted by Gasteiger charge is 2.30. The van der Waals surface area contributed by atoms with E-state index in [1.54, 1.807) is 71.0 Å². The van der Waals surface area contributed by atoms with Crippen LogP contribution in [0.1, 0.15) is 52.6 Å². The molecule has 0 saturated heterocycles. The van der Waals surface area contributed by atoms with E-state index in [2.05, 4.69) is 0 Å². The van der Waals surface area contributed by atoms with Crippen molar-refractivity contribution in [2.45, 2.75) is 34.6 Å². The Labute approximate surface area is 176 Å². The molecule has 160 valence electrons. The second kappa shape index (κ2) is 10.4. The highest BCUT2D eigenvalue weighted by molar-refractivity contribution is 6.05. The van der Waals surface area contributed by atoms with Crippen LogP contribution in [0.5, 0.6) is 5.75 Å². The van der Waals surface area contributed by atoms with Crippen molar-refractivity contribution in [2.75, 3.05) is 24.7 Å². The van der Waals surface area contributed by atoms with Crippen molar-refractivity contribution in [3.63, 3.8) is 0 Å². The van der Waals surface area contributed by atoms with E-state index in [4.69, 9.17) is 14.2 Å².